The first kappa shape index (κ1) is 13.0. The number of rotatable bonds is 3. The summed E-state index contributed by atoms with van der Waals surface area (Å²) in [7, 11) is 0. The summed E-state index contributed by atoms with van der Waals surface area (Å²) in [5, 5.41) is 12.7. The van der Waals surface area contributed by atoms with Crippen molar-refractivity contribution in [2.75, 3.05) is 0 Å². The van der Waals surface area contributed by atoms with Gasteiger partial charge in [-0.25, -0.2) is 4.68 Å². The summed E-state index contributed by atoms with van der Waals surface area (Å²) in [6.45, 7) is 0. The van der Waals surface area contributed by atoms with Gasteiger partial charge in [-0.2, -0.15) is 0 Å². The van der Waals surface area contributed by atoms with Crippen LogP contribution in [0.25, 0.3) is 0 Å². The molecule has 21 heavy (non-hydrogen) atoms. The maximum atomic E-state index is 12.8. The first-order valence-electron chi connectivity index (χ1n) is 7.39. The zero-order chi connectivity index (χ0) is 14.2. The van der Waals surface area contributed by atoms with Crippen LogP contribution in [0.15, 0.2) is 29.4 Å². The van der Waals surface area contributed by atoms with Gasteiger partial charge in [-0.1, -0.05) is 36.0 Å². The molecule has 2 aliphatic carbocycles. The fourth-order valence-electron chi connectivity index (χ4n) is 2.81. The zero-order valence-corrected chi connectivity index (χ0v) is 12.4. The van der Waals surface area contributed by atoms with E-state index in [0.29, 0.717) is 6.04 Å². The number of aromatic nitrogens is 4. The van der Waals surface area contributed by atoms with Gasteiger partial charge in [0.15, 0.2) is 5.78 Å². The number of carbonyl (C=O) groups excluding carboxylic acids is 1. The van der Waals surface area contributed by atoms with Crippen molar-refractivity contribution in [2.45, 2.75) is 48.6 Å². The summed E-state index contributed by atoms with van der Waals surface area (Å²) in [5.41, 5.74) is 2.05. The number of thioether (sulfide) groups is 1. The number of benzene rings is 1. The fourth-order valence-corrected chi connectivity index (χ4v) is 3.96. The molecule has 6 heteroatoms. The van der Waals surface area contributed by atoms with Gasteiger partial charge in [-0.05, 0) is 48.1 Å². The average Bonchev–Trinajstić information content (AvgIpc) is 3.27. The zero-order valence-electron chi connectivity index (χ0n) is 11.6. The average molecular weight is 300 g/mol. The molecule has 0 radical (unpaired) electrons. The first-order valence-corrected chi connectivity index (χ1v) is 8.27. The molecule has 108 valence electrons. The second kappa shape index (κ2) is 5.26. The SMILES string of the molecule is O=C1c2ccccc2CCCC1Sc1nnnn1C1CC1. The molecular formula is C15H16N4OS. The number of hydrogen-bond acceptors (Lipinski definition) is 5. The molecule has 1 aromatic carbocycles. The Morgan fingerprint density at radius 3 is 2.90 bits per heavy atom. The Morgan fingerprint density at radius 2 is 2.05 bits per heavy atom. The van der Waals surface area contributed by atoms with Crippen molar-refractivity contribution in [2.24, 2.45) is 0 Å². The number of fused-ring (bicyclic) bond motifs is 1. The minimum Gasteiger partial charge on any atom is -0.293 e. The molecule has 0 bridgehead atoms. The molecule has 1 saturated carbocycles. The van der Waals surface area contributed by atoms with E-state index in [1.54, 1.807) is 0 Å². The van der Waals surface area contributed by atoms with Crippen molar-refractivity contribution >= 4 is 17.5 Å². The lowest BCUT2D eigenvalue weighted by Crippen LogP contribution is -2.17. The predicted molar refractivity (Wildman–Crippen MR) is 79.4 cm³/mol. The van der Waals surface area contributed by atoms with E-state index in [1.165, 1.54) is 17.3 Å². The Bertz CT molecular complexity index is 680. The minimum absolute atomic E-state index is 0.0721. The molecular weight excluding hydrogens is 284 g/mol. The van der Waals surface area contributed by atoms with E-state index in [2.05, 4.69) is 21.6 Å². The van der Waals surface area contributed by atoms with Crippen molar-refractivity contribution in [3.63, 3.8) is 0 Å². The van der Waals surface area contributed by atoms with Gasteiger partial charge in [0.2, 0.25) is 5.16 Å². The van der Waals surface area contributed by atoms with Crippen LogP contribution in [-0.4, -0.2) is 31.2 Å². The van der Waals surface area contributed by atoms with E-state index in [-0.39, 0.29) is 11.0 Å². The number of nitrogens with zero attached hydrogens (tertiary/aromatic N) is 4. The van der Waals surface area contributed by atoms with Crippen LogP contribution in [0.5, 0.6) is 0 Å². The maximum Gasteiger partial charge on any atom is 0.210 e. The van der Waals surface area contributed by atoms with Gasteiger partial charge in [0, 0.05) is 5.56 Å². The van der Waals surface area contributed by atoms with Gasteiger partial charge in [0.1, 0.15) is 0 Å². The number of Topliss-reactive ketones (excluding diaryl/α,β-unsaturated/α-hetero) is 1. The van der Waals surface area contributed by atoms with E-state index in [4.69, 9.17) is 0 Å². The number of carbonyl (C=O) groups is 1. The fraction of sp³-hybridized carbons (Fsp3) is 0.467. The van der Waals surface area contributed by atoms with Crippen LogP contribution < -0.4 is 0 Å². The molecule has 2 aromatic rings. The number of ketones is 1. The van der Waals surface area contributed by atoms with Crippen molar-refractivity contribution in [1.29, 1.82) is 0 Å². The summed E-state index contributed by atoms with van der Waals surface area (Å²) in [6, 6.07) is 8.40. The molecule has 1 fully saturated rings. The summed E-state index contributed by atoms with van der Waals surface area (Å²) in [4.78, 5) is 12.8. The van der Waals surface area contributed by atoms with Crippen LogP contribution in [0.4, 0.5) is 0 Å². The van der Waals surface area contributed by atoms with Crippen LogP contribution in [-0.2, 0) is 6.42 Å². The maximum absolute atomic E-state index is 12.8. The molecule has 1 atom stereocenters. The van der Waals surface area contributed by atoms with Crippen molar-refractivity contribution in [3.8, 4) is 0 Å². The lowest BCUT2D eigenvalue weighted by molar-refractivity contribution is 0.0988. The molecule has 2 aliphatic rings. The van der Waals surface area contributed by atoms with E-state index in [9.17, 15) is 4.79 Å². The number of aryl methyl sites for hydroxylation is 1. The quantitative estimate of drug-likeness (QED) is 0.816. The van der Waals surface area contributed by atoms with Crippen LogP contribution in [0.2, 0.25) is 0 Å². The number of tetrazole rings is 1. The summed E-state index contributed by atoms with van der Waals surface area (Å²) < 4.78 is 1.88. The second-order valence-corrected chi connectivity index (χ2v) is 6.83. The van der Waals surface area contributed by atoms with Crippen molar-refractivity contribution in [1.82, 2.24) is 20.2 Å². The Morgan fingerprint density at radius 1 is 1.19 bits per heavy atom. The normalized spacial score (nSPS) is 21.9. The molecule has 0 amide bonds. The van der Waals surface area contributed by atoms with E-state index in [1.807, 2.05) is 22.9 Å². The predicted octanol–water partition coefficient (Wildman–Crippen LogP) is 2.69. The van der Waals surface area contributed by atoms with Crippen molar-refractivity contribution in [3.05, 3.63) is 35.4 Å². The van der Waals surface area contributed by atoms with E-state index < -0.39 is 0 Å². The van der Waals surface area contributed by atoms with E-state index >= 15 is 0 Å². The Kier molecular flexibility index (Phi) is 3.25. The monoisotopic (exact) mass is 300 g/mol. The van der Waals surface area contributed by atoms with Crippen molar-refractivity contribution < 1.29 is 4.79 Å². The third-order valence-corrected chi connectivity index (χ3v) is 5.30. The topological polar surface area (TPSA) is 60.7 Å². The van der Waals surface area contributed by atoms with Gasteiger partial charge in [-0.3, -0.25) is 4.79 Å². The molecule has 0 saturated heterocycles. The van der Waals surface area contributed by atoms with Crippen LogP contribution >= 0.6 is 11.8 Å². The Labute approximate surface area is 127 Å². The largest absolute Gasteiger partial charge is 0.293 e. The molecule has 1 heterocycles. The van der Waals surface area contributed by atoms with Crippen LogP contribution in [0.1, 0.15) is 47.6 Å². The van der Waals surface area contributed by atoms with Gasteiger partial charge in [0.25, 0.3) is 0 Å². The second-order valence-electron chi connectivity index (χ2n) is 5.66. The molecule has 1 unspecified atom stereocenters. The van der Waals surface area contributed by atoms with E-state index in [0.717, 1.165) is 42.8 Å². The molecule has 0 N–H and O–H groups in total. The highest BCUT2D eigenvalue weighted by molar-refractivity contribution is 8.00. The standard InChI is InChI=1S/C15H16N4OS/c20-14-12-6-2-1-4-10(12)5-3-7-13(14)21-15-16-17-18-19(15)11-8-9-11/h1-2,4,6,11,13H,3,5,7-9H2. The summed E-state index contributed by atoms with van der Waals surface area (Å²) in [5.74, 6) is 0.221. The lowest BCUT2D eigenvalue weighted by Gasteiger charge is -2.12. The highest BCUT2D eigenvalue weighted by atomic mass is 32.2. The number of hydrogen-bond donors (Lipinski definition) is 0. The van der Waals surface area contributed by atoms with Gasteiger partial charge < -0.3 is 0 Å². The third-order valence-electron chi connectivity index (χ3n) is 4.09. The lowest BCUT2D eigenvalue weighted by atomic mass is 10.0. The minimum atomic E-state index is -0.0721. The Balaban J connectivity index is 1.60. The highest BCUT2D eigenvalue weighted by Crippen LogP contribution is 2.38. The van der Waals surface area contributed by atoms with Crippen LogP contribution in [0.3, 0.4) is 0 Å². The third kappa shape index (κ3) is 2.48. The molecule has 0 spiro atoms. The Hall–Kier alpha value is -1.69. The molecule has 0 aliphatic heterocycles. The van der Waals surface area contributed by atoms with Gasteiger partial charge in [0.05, 0.1) is 11.3 Å². The van der Waals surface area contributed by atoms with Gasteiger partial charge in [-0.15, -0.1) is 5.10 Å². The van der Waals surface area contributed by atoms with Crippen LogP contribution in [0, 0.1) is 0 Å². The summed E-state index contributed by atoms with van der Waals surface area (Å²) in [6.07, 6.45) is 5.17. The first-order chi connectivity index (χ1) is 10.3. The molecule has 5 nitrogen and oxygen atoms in total. The smallest absolute Gasteiger partial charge is 0.210 e. The molecule has 4 rings (SSSR count). The molecule has 1 aromatic heterocycles. The summed E-state index contributed by atoms with van der Waals surface area (Å²) >= 11 is 1.53. The highest BCUT2D eigenvalue weighted by Gasteiger charge is 2.32. The van der Waals surface area contributed by atoms with Gasteiger partial charge >= 0.3 is 0 Å².